The molecule has 0 fully saturated rings. The molecule has 1 aromatic carbocycles. The van der Waals surface area contributed by atoms with E-state index in [-0.39, 0.29) is 6.10 Å². The van der Waals surface area contributed by atoms with Gasteiger partial charge in [-0.25, -0.2) is 4.98 Å². The number of ether oxygens (including phenoxy) is 2. The molecule has 0 N–H and O–H groups in total. The lowest BCUT2D eigenvalue weighted by Crippen LogP contribution is -2.06. The van der Waals surface area contributed by atoms with E-state index in [0.29, 0.717) is 5.88 Å². The molecule has 0 aliphatic heterocycles. The fourth-order valence-corrected chi connectivity index (χ4v) is 2.84. The van der Waals surface area contributed by atoms with Crippen molar-refractivity contribution in [3.63, 3.8) is 0 Å². The molecule has 5 heteroatoms. The van der Waals surface area contributed by atoms with Gasteiger partial charge in [0.2, 0.25) is 0 Å². The summed E-state index contributed by atoms with van der Waals surface area (Å²) in [6.07, 6.45) is 0.806. The minimum absolute atomic E-state index is 0.0472. The van der Waals surface area contributed by atoms with Crippen molar-refractivity contribution in [3.05, 3.63) is 40.3 Å². The van der Waals surface area contributed by atoms with Crippen molar-refractivity contribution >= 4 is 22.9 Å². The highest BCUT2D eigenvalue weighted by Gasteiger charge is 2.15. The van der Waals surface area contributed by atoms with Crippen LogP contribution in [0.5, 0.6) is 11.5 Å². The standard InChI is InChI=1S/C14H16ClNO2S/c1-3-13(14-16-10(8-15)9-19-14)18-12-6-4-5-11(7-12)17-2/h4-7,9,13H,3,8H2,1-2H3. The maximum absolute atomic E-state index is 5.97. The van der Waals surface area contributed by atoms with Crippen molar-refractivity contribution in [1.82, 2.24) is 4.98 Å². The summed E-state index contributed by atoms with van der Waals surface area (Å²) in [5.74, 6) is 2.01. The Morgan fingerprint density at radius 1 is 1.37 bits per heavy atom. The van der Waals surface area contributed by atoms with Crippen LogP contribution in [-0.2, 0) is 5.88 Å². The first kappa shape index (κ1) is 14.2. The SMILES string of the molecule is CCC(Oc1cccc(OC)c1)c1nc(CCl)cs1. The molecular weight excluding hydrogens is 282 g/mol. The Hall–Kier alpha value is -1.26. The first-order valence-electron chi connectivity index (χ1n) is 6.07. The van der Waals surface area contributed by atoms with E-state index in [1.807, 2.05) is 29.6 Å². The maximum atomic E-state index is 5.97. The molecule has 0 aliphatic rings. The van der Waals surface area contributed by atoms with Crippen LogP contribution in [0.2, 0.25) is 0 Å². The first-order valence-corrected chi connectivity index (χ1v) is 7.49. The number of hydrogen-bond acceptors (Lipinski definition) is 4. The third-order valence-corrected chi connectivity index (χ3v) is 3.93. The van der Waals surface area contributed by atoms with Crippen LogP contribution in [0.15, 0.2) is 29.6 Å². The highest BCUT2D eigenvalue weighted by atomic mass is 35.5. The number of hydrogen-bond donors (Lipinski definition) is 0. The van der Waals surface area contributed by atoms with Crippen molar-refractivity contribution in [2.45, 2.75) is 25.3 Å². The second kappa shape index (κ2) is 6.78. The lowest BCUT2D eigenvalue weighted by Gasteiger charge is -2.15. The van der Waals surface area contributed by atoms with Gasteiger partial charge in [0, 0.05) is 11.4 Å². The number of thiazole rings is 1. The largest absolute Gasteiger partial charge is 0.497 e. The van der Waals surface area contributed by atoms with Crippen molar-refractivity contribution in [2.24, 2.45) is 0 Å². The van der Waals surface area contributed by atoms with Crippen LogP contribution >= 0.6 is 22.9 Å². The van der Waals surface area contributed by atoms with Gasteiger partial charge < -0.3 is 9.47 Å². The fourth-order valence-electron chi connectivity index (χ4n) is 1.68. The highest BCUT2D eigenvalue weighted by Crippen LogP contribution is 2.29. The summed E-state index contributed by atoms with van der Waals surface area (Å²) in [5.41, 5.74) is 0.898. The summed E-state index contributed by atoms with van der Waals surface area (Å²) in [5, 5.41) is 2.93. The minimum Gasteiger partial charge on any atom is -0.497 e. The number of alkyl halides is 1. The van der Waals surface area contributed by atoms with Crippen LogP contribution < -0.4 is 9.47 Å². The van der Waals surface area contributed by atoms with Gasteiger partial charge in [-0.15, -0.1) is 22.9 Å². The van der Waals surface area contributed by atoms with E-state index >= 15 is 0 Å². The van der Waals surface area contributed by atoms with Crippen LogP contribution in [0.3, 0.4) is 0 Å². The predicted molar refractivity (Wildman–Crippen MR) is 78.3 cm³/mol. The molecular formula is C14H16ClNO2S. The summed E-state index contributed by atoms with van der Waals surface area (Å²) in [4.78, 5) is 4.47. The maximum Gasteiger partial charge on any atom is 0.150 e. The molecule has 0 amide bonds. The molecule has 0 radical (unpaired) electrons. The van der Waals surface area contributed by atoms with Gasteiger partial charge >= 0.3 is 0 Å². The van der Waals surface area contributed by atoms with Crippen molar-refractivity contribution in [2.75, 3.05) is 7.11 Å². The van der Waals surface area contributed by atoms with Crippen molar-refractivity contribution in [1.29, 1.82) is 0 Å². The van der Waals surface area contributed by atoms with Gasteiger partial charge in [-0.3, -0.25) is 0 Å². The number of rotatable bonds is 6. The lowest BCUT2D eigenvalue weighted by molar-refractivity contribution is 0.200. The molecule has 0 saturated carbocycles. The van der Waals surface area contributed by atoms with Crippen LogP contribution in [-0.4, -0.2) is 12.1 Å². The van der Waals surface area contributed by atoms with Gasteiger partial charge in [0.05, 0.1) is 18.7 Å². The summed E-state index contributed by atoms with van der Waals surface area (Å²) < 4.78 is 11.2. The molecule has 102 valence electrons. The Balaban J connectivity index is 2.13. The van der Waals surface area contributed by atoms with Gasteiger partial charge in [-0.1, -0.05) is 13.0 Å². The molecule has 2 aromatic rings. The topological polar surface area (TPSA) is 31.4 Å². The van der Waals surface area contributed by atoms with E-state index < -0.39 is 0 Å². The number of methoxy groups -OCH3 is 1. The third-order valence-electron chi connectivity index (χ3n) is 2.67. The van der Waals surface area contributed by atoms with Gasteiger partial charge in [-0.05, 0) is 18.6 Å². The van der Waals surface area contributed by atoms with E-state index in [0.717, 1.165) is 28.6 Å². The Kier molecular flexibility index (Phi) is 5.05. The quantitative estimate of drug-likeness (QED) is 0.740. The van der Waals surface area contributed by atoms with E-state index in [1.165, 1.54) is 0 Å². The third kappa shape index (κ3) is 3.61. The van der Waals surface area contributed by atoms with E-state index in [9.17, 15) is 0 Å². The summed E-state index contributed by atoms with van der Waals surface area (Å²) in [7, 11) is 1.64. The zero-order valence-electron chi connectivity index (χ0n) is 10.9. The fraction of sp³-hybridized carbons (Fsp3) is 0.357. The number of halogens is 1. The molecule has 2 rings (SSSR count). The zero-order valence-corrected chi connectivity index (χ0v) is 12.5. The smallest absolute Gasteiger partial charge is 0.150 e. The molecule has 0 bridgehead atoms. The van der Waals surface area contributed by atoms with E-state index in [4.69, 9.17) is 21.1 Å². The monoisotopic (exact) mass is 297 g/mol. The van der Waals surface area contributed by atoms with Gasteiger partial charge in [0.15, 0.2) is 0 Å². The number of aromatic nitrogens is 1. The second-order valence-electron chi connectivity index (χ2n) is 4.00. The number of nitrogens with zero attached hydrogens (tertiary/aromatic N) is 1. The van der Waals surface area contributed by atoms with Crippen LogP contribution in [0.25, 0.3) is 0 Å². The van der Waals surface area contributed by atoms with E-state index in [2.05, 4.69) is 11.9 Å². The summed E-state index contributed by atoms with van der Waals surface area (Å²) >= 11 is 7.36. The average molecular weight is 298 g/mol. The highest BCUT2D eigenvalue weighted by molar-refractivity contribution is 7.09. The predicted octanol–water partition coefficient (Wildman–Crippen LogP) is 4.42. The van der Waals surface area contributed by atoms with Gasteiger partial charge in [-0.2, -0.15) is 0 Å². The number of benzene rings is 1. The Labute approximate surface area is 122 Å². The molecule has 1 heterocycles. The molecule has 0 spiro atoms. The van der Waals surface area contributed by atoms with Crippen LogP contribution in [0.1, 0.15) is 30.2 Å². The zero-order chi connectivity index (χ0) is 13.7. The first-order chi connectivity index (χ1) is 9.26. The van der Waals surface area contributed by atoms with Crippen LogP contribution in [0.4, 0.5) is 0 Å². The molecule has 1 atom stereocenters. The average Bonchev–Trinajstić information content (AvgIpc) is 2.93. The molecule has 19 heavy (non-hydrogen) atoms. The van der Waals surface area contributed by atoms with Crippen molar-refractivity contribution in [3.8, 4) is 11.5 Å². The molecule has 1 unspecified atom stereocenters. The van der Waals surface area contributed by atoms with Crippen molar-refractivity contribution < 1.29 is 9.47 Å². The molecule has 0 aliphatic carbocycles. The normalized spacial score (nSPS) is 12.2. The Morgan fingerprint density at radius 3 is 2.79 bits per heavy atom. The minimum atomic E-state index is -0.0472. The molecule has 3 nitrogen and oxygen atoms in total. The Morgan fingerprint density at radius 2 is 2.16 bits per heavy atom. The summed E-state index contributed by atoms with van der Waals surface area (Å²) in [6.45, 7) is 2.08. The molecule has 0 saturated heterocycles. The lowest BCUT2D eigenvalue weighted by atomic mass is 10.2. The van der Waals surface area contributed by atoms with Crippen LogP contribution in [0, 0.1) is 0 Å². The van der Waals surface area contributed by atoms with E-state index in [1.54, 1.807) is 18.4 Å². The van der Waals surface area contributed by atoms with Gasteiger partial charge in [0.1, 0.15) is 22.6 Å². The van der Waals surface area contributed by atoms with Gasteiger partial charge in [0.25, 0.3) is 0 Å². The summed E-state index contributed by atoms with van der Waals surface area (Å²) in [6, 6.07) is 7.59. The molecule has 1 aromatic heterocycles. The second-order valence-corrected chi connectivity index (χ2v) is 5.16. The Bertz CT molecular complexity index is 530.